The monoisotopic (exact) mass is 330 g/mol. The standard InChI is InChI=1S/C17H12F2N2O3/c18-14-6-3-12(9-15(14)19)16(22)7-2-11-1-4-13(20-10-11)5-8-17(23)21-24/h1-10,24H,(H,21,23)/b7-2+,8-5+. The molecule has 2 aromatic rings. The third-order valence-corrected chi connectivity index (χ3v) is 2.96. The Kier molecular flexibility index (Phi) is 5.64. The molecule has 0 bridgehead atoms. The van der Waals surface area contributed by atoms with Gasteiger partial charge < -0.3 is 0 Å². The lowest BCUT2D eigenvalue weighted by atomic mass is 10.1. The lowest BCUT2D eigenvalue weighted by molar-refractivity contribution is -0.124. The minimum Gasteiger partial charge on any atom is -0.289 e. The van der Waals surface area contributed by atoms with Crippen molar-refractivity contribution in [3.63, 3.8) is 0 Å². The van der Waals surface area contributed by atoms with Crippen LogP contribution in [0.4, 0.5) is 8.78 Å². The van der Waals surface area contributed by atoms with Crippen molar-refractivity contribution in [3.05, 3.63) is 77.1 Å². The molecule has 1 aromatic heterocycles. The van der Waals surface area contributed by atoms with Gasteiger partial charge in [-0.1, -0.05) is 6.07 Å². The summed E-state index contributed by atoms with van der Waals surface area (Å²) in [7, 11) is 0. The maximum absolute atomic E-state index is 13.1. The highest BCUT2D eigenvalue weighted by Crippen LogP contribution is 2.11. The van der Waals surface area contributed by atoms with Gasteiger partial charge in [-0.05, 0) is 48.1 Å². The molecule has 7 heteroatoms. The van der Waals surface area contributed by atoms with Crippen molar-refractivity contribution in [2.75, 3.05) is 0 Å². The van der Waals surface area contributed by atoms with E-state index in [1.807, 2.05) is 0 Å². The van der Waals surface area contributed by atoms with Gasteiger partial charge in [-0.25, -0.2) is 14.3 Å². The van der Waals surface area contributed by atoms with Gasteiger partial charge in [0.25, 0.3) is 5.91 Å². The van der Waals surface area contributed by atoms with E-state index in [2.05, 4.69) is 4.98 Å². The molecule has 1 aromatic carbocycles. The van der Waals surface area contributed by atoms with Gasteiger partial charge >= 0.3 is 0 Å². The minimum absolute atomic E-state index is 0.0349. The van der Waals surface area contributed by atoms with Gasteiger partial charge in [-0.2, -0.15) is 0 Å². The zero-order valence-corrected chi connectivity index (χ0v) is 12.2. The summed E-state index contributed by atoms with van der Waals surface area (Å²) in [6.45, 7) is 0. The Labute approximate surface area is 135 Å². The lowest BCUT2D eigenvalue weighted by Crippen LogP contribution is -2.14. The zero-order chi connectivity index (χ0) is 17.5. The van der Waals surface area contributed by atoms with E-state index in [1.165, 1.54) is 36.0 Å². The van der Waals surface area contributed by atoms with E-state index in [0.29, 0.717) is 11.3 Å². The molecule has 24 heavy (non-hydrogen) atoms. The second-order valence-corrected chi connectivity index (χ2v) is 4.65. The maximum atomic E-state index is 13.1. The topological polar surface area (TPSA) is 79.3 Å². The predicted molar refractivity (Wildman–Crippen MR) is 82.9 cm³/mol. The van der Waals surface area contributed by atoms with Crippen LogP contribution >= 0.6 is 0 Å². The molecule has 2 rings (SSSR count). The molecule has 0 aliphatic heterocycles. The van der Waals surface area contributed by atoms with Crippen LogP contribution in [0.1, 0.15) is 21.6 Å². The quantitative estimate of drug-likeness (QED) is 0.382. The number of aromatic nitrogens is 1. The van der Waals surface area contributed by atoms with E-state index in [1.54, 1.807) is 12.1 Å². The Morgan fingerprint density at radius 1 is 1.04 bits per heavy atom. The third-order valence-electron chi connectivity index (χ3n) is 2.96. The van der Waals surface area contributed by atoms with Crippen molar-refractivity contribution in [1.29, 1.82) is 0 Å². The zero-order valence-electron chi connectivity index (χ0n) is 12.2. The molecule has 0 spiro atoms. The van der Waals surface area contributed by atoms with E-state index < -0.39 is 23.3 Å². The van der Waals surface area contributed by atoms with Crippen LogP contribution in [0, 0.1) is 11.6 Å². The average molecular weight is 330 g/mol. The van der Waals surface area contributed by atoms with Crippen LogP contribution in [0.15, 0.2) is 48.7 Å². The van der Waals surface area contributed by atoms with Crippen molar-refractivity contribution in [1.82, 2.24) is 10.5 Å². The van der Waals surface area contributed by atoms with Gasteiger partial charge in [0.05, 0.1) is 5.69 Å². The molecule has 0 aliphatic rings. The van der Waals surface area contributed by atoms with Crippen LogP contribution in [0.2, 0.25) is 0 Å². The molecule has 1 amide bonds. The number of halogens is 2. The molecule has 0 radical (unpaired) electrons. The second-order valence-electron chi connectivity index (χ2n) is 4.65. The van der Waals surface area contributed by atoms with Gasteiger partial charge in [0, 0.05) is 17.8 Å². The Bertz CT molecular complexity index is 815. The first-order valence-corrected chi connectivity index (χ1v) is 6.75. The highest BCUT2D eigenvalue weighted by atomic mass is 19.2. The summed E-state index contributed by atoms with van der Waals surface area (Å²) in [4.78, 5) is 26.8. The number of ketones is 1. The number of hydrogen-bond donors (Lipinski definition) is 2. The molecule has 0 saturated heterocycles. The summed E-state index contributed by atoms with van der Waals surface area (Å²) in [6, 6.07) is 6.17. The molecule has 0 atom stereocenters. The van der Waals surface area contributed by atoms with E-state index in [4.69, 9.17) is 5.21 Å². The van der Waals surface area contributed by atoms with Crippen molar-refractivity contribution in [2.24, 2.45) is 0 Å². The van der Waals surface area contributed by atoms with E-state index >= 15 is 0 Å². The summed E-state index contributed by atoms with van der Waals surface area (Å²) in [5.74, 6) is -3.26. The number of benzene rings is 1. The molecule has 0 saturated carbocycles. The first-order chi connectivity index (χ1) is 11.5. The van der Waals surface area contributed by atoms with Crippen molar-refractivity contribution in [3.8, 4) is 0 Å². The molecule has 0 unspecified atom stereocenters. The SMILES string of the molecule is O=C(/C=C/c1ccc(/C=C/C(=O)c2ccc(F)c(F)c2)cn1)NO. The molecular weight excluding hydrogens is 318 g/mol. The fourth-order valence-electron chi connectivity index (χ4n) is 1.73. The van der Waals surface area contributed by atoms with E-state index in [-0.39, 0.29) is 5.56 Å². The highest BCUT2D eigenvalue weighted by Gasteiger charge is 2.07. The number of hydrogen-bond acceptors (Lipinski definition) is 4. The average Bonchev–Trinajstić information content (AvgIpc) is 2.60. The Morgan fingerprint density at radius 2 is 1.83 bits per heavy atom. The third kappa shape index (κ3) is 4.65. The number of carbonyl (C=O) groups is 2. The van der Waals surface area contributed by atoms with Gasteiger partial charge in [-0.3, -0.25) is 19.8 Å². The van der Waals surface area contributed by atoms with Crippen LogP contribution in [0.25, 0.3) is 12.2 Å². The van der Waals surface area contributed by atoms with Crippen molar-refractivity contribution in [2.45, 2.75) is 0 Å². The van der Waals surface area contributed by atoms with E-state index in [9.17, 15) is 18.4 Å². The van der Waals surface area contributed by atoms with Crippen molar-refractivity contribution >= 4 is 23.8 Å². The van der Waals surface area contributed by atoms with Crippen molar-refractivity contribution < 1.29 is 23.6 Å². The molecule has 5 nitrogen and oxygen atoms in total. The molecule has 0 aliphatic carbocycles. The number of allylic oxidation sites excluding steroid dienone is 1. The molecule has 122 valence electrons. The lowest BCUT2D eigenvalue weighted by Gasteiger charge is -1.98. The number of hydroxylamine groups is 1. The molecule has 1 heterocycles. The smallest absolute Gasteiger partial charge is 0.267 e. The summed E-state index contributed by atoms with van der Waals surface area (Å²) >= 11 is 0. The Balaban J connectivity index is 2.06. The van der Waals surface area contributed by atoms with Gasteiger partial charge in [0.2, 0.25) is 0 Å². The fraction of sp³-hybridized carbons (Fsp3) is 0. The number of amides is 1. The Hall–Kier alpha value is -3.19. The van der Waals surface area contributed by atoms with E-state index in [0.717, 1.165) is 18.2 Å². The molecule has 0 fully saturated rings. The summed E-state index contributed by atoms with van der Waals surface area (Å²) in [6.07, 6.45) is 6.66. The predicted octanol–water partition coefficient (Wildman–Crippen LogP) is 2.77. The highest BCUT2D eigenvalue weighted by molar-refractivity contribution is 6.06. The van der Waals surface area contributed by atoms with Crippen LogP contribution in [0.3, 0.4) is 0 Å². The second kappa shape index (κ2) is 7.89. The van der Waals surface area contributed by atoms with Gasteiger partial charge in [-0.15, -0.1) is 0 Å². The summed E-state index contributed by atoms with van der Waals surface area (Å²) in [5, 5.41) is 8.35. The van der Waals surface area contributed by atoms with Gasteiger partial charge in [0.1, 0.15) is 0 Å². The van der Waals surface area contributed by atoms with Crippen LogP contribution in [-0.4, -0.2) is 21.9 Å². The molecular formula is C17H12F2N2O3. The summed E-state index contributed by atoms with van der Waals surface area (Å²) < 4.78 is 25.9. The first kappa shape index (κ1) is 17.2. The van der Waals surface area contributed by atoms with Gasteiger partial charge in [0.15, 0.2) is 17.4 Å². The number of pyridine rings is 1. The number of nitrogens with one attached hydrogen (secondary N) is 1. The normalized spacial score (nSPS) is 11.1. The maximum Gasteiger partial charge on any atom is 0.267 e. The van der Waals surface area contributed by atoms with Crippen LogP contribution in [0.5, 0.6) is 0 Å². The number of nitrogens with zero attached hydrogens (tertiary/aromatic N) is 1. The Morgan fingerprint density at radius 3 is 2.46 bits per heavy atom. The van der Waals surface area contributed by atoms with Crippen LogP contribution in [-0.2, 0) is 4.79 Å². The number of rotatable bonds is 5. The number of carbonyl (C=O) groups excluding carboxylic acids is 2. The fourth-order valence-corrected chi connectivity index (χ4v) is 1.73. The minimum atomic E-state index is -1.08. The summed E-state index contributed by atoms with van der Waals surface area (Å²) in [5.41, 5.74) is 2.57. The molecule has 2 N–H and O–H groups in total. The van der Waals surface area contributed by atoms with Crippen LogP contribution < -0.4 is 5.48 Å². The largest absolute Gasteiger partial charge is 0.289 e. The first-order valence-electron chi connectivity index (χ1n) is 6.75.